The van der Waals surface area contributed by atoms with Crippen molar-refractivity contribution in [2.75, 3.05) is 13.7 Å². The van der Waals surface area contributed by atoms with Crippen LogP contribution in [-0.4, -0.2) is 39.3 Å². The molecule has 0 spiro atoms. The predicted molar refractivity (Wildman–Crippen MR) is 88.3 cm³/mol. The normalized spacial score (nSPS) is 13.8. The molecule has 0 amide bonds. The second kappa shape index (κ2) is 6.98. The first-order chi connectivity index (χ1) is 10.4. The van der Waals surface area contributed by atoms with Crippen molar-refractivity contribution < 1.29 is 23.1 Å². The predicted octanol–water partition coefficient (Wildman–Crippen LogP) is 2.34. The minimum Gasteiger partial charge on any atom is -0.478 e. The van der Waals surface area contributed by atoms with Crippen LogP contribution >= 0.6 is 0 Å². The van der Waals surface area contributed by atoms with Crippen LogP contribution in [0.4, 0.5) is 0 Å². The molecule has 0 heterocycles. The molecule has 1 rings (SSSR count). The van der Waals surface area contributed by atoms with E-state index < -0.39 is 16.0 Å². The van der Waals surface area contributed by atoms with Gasteiger partial charge in [0.25, 0.3) is 0 Å². The summed E-state index contributed by atoms with van der Waals surface area (Å²) in [6, 6.07) is 2.93. The van der Waals surface area contributed by atoms with Crippen LogP contribution in [0.5, 0.6) is 0 Å². The average Bonchev–Trinajstić information content (AvgIpc) is 2.36. The number of ether oxygens (including phenoxy) is 1. The van der Waals surface area contributed by atoms with Crippen molar-refractivity contribution in [2.24, 2.45) is 5.41 Å². The van der Waals surface area contributed by atoms with E-state index in [1.54, 1.807) is 6.92 Å². The highest BCUT2D eigenvalue weighted by molar-refractivity contribution is 7.89. The van der Waals surface area contributed by atoms with E-state index in [4.69, 9.17) is 4.74 Å². The van der Waals surface area contributed by atoms with Gasteiger partial charge in [-0.05, 0) is 36.5 Å². The van der Waals surface area contributed by atoms with Gasteiger partial charge >= 0.3 is 5.97 Å². The molecule has 0 aliphatic heterocycles. The third-order valence-corrected chi connectivity index (χ3v) is 5.40. The van der Waals surface area contributed by atoms with Crippen molar-refractivity contribution in [1.82, 2.24) is 4.72 Å². The maximum atomic E-state index is 12.5. The molecule has 1 aromatic rings. The number of nitrogens with one attached hydrogen (secondary N) is 1. The van der Waals surface area contributed by atoms with E-state index in [1.807, 2.05) is 20.8 Å². The molecular formula is C16H25NO5S. The summed E-state index contributed by atoms with van der Waals surface area (Å²) in [7, 11) is -2.29. The zero-order valence-electron chi connectivity index (χ0n) is 14.4. The van der Waals surface area contributed by atoms with Gasteiger partial charge in [-0.15, -0.1) is 0 Å². The molecule has 0 bridgehead atoms. The van der Waals surface area contributed by atoms with Crippen LogP contribution in [0.25, 0.3) is 0 Å². The highest BCUT2D eigenvalue weighted by Crippen LogP contribution is 2.24. The summed E-state index contributed by atoms with van der Waals surface area (Å²) in [6.07, 6.45) is -0.304. The van der Waals surface area contributed by atoms with Crippen molar-refractivity contribution in [2.45, 2.75) is 45.6 Å². The van der Waals surface area contributed by atoms with Crippen molar-refractivity contribution in [3.8, 4) is 0 Å². The summed E-state index contributed by atoms with van der Waals surface area (Å²) in [5.74, 6) is -1.14. The van der Waals surface area contributed by atoms with E-state index in [0.717, 1.165) is 0 Å². The summed E-state index contributed by atoms with van der Waals surface area (Å²) < 4.78 is 32.9. The van der Waals surface area contributed by atoms with E-state index in [0.29, 0.717) is 5.56 Å². The van der Waals surface area contributed by atoms with Crippen molar-refractivity contribution in [3.05, 3.63) is 28.8 Å². The van der Waals surface area contributed by atoms with Crippen LogP contribution in [0.15, 0.2) is 17.0 Å². The SMILES string of the molecule is COC(CNS(=O)(=O)c1ccc(C)c(C(=O)O)c1C)C(C)(C)C. The summed E-state index contributed by atoms with van der Waals surface area (Å²) in [4.78, 5) is 11.3. The lowest BCUT2D eigenvalue weighted by Crippen LogP contribution is -2.40. The molecule has 23 heavy (non-hydrogen) atoms. The minimum absolute atomic E-state index is 0.0204. The third kappa shape index (κ3) is 4.53. The first-order valence-electron chi connectivity index (χ1n) is 7.27. The van der Waals surface area contributed by atoms with Crippen LogP contribution in [0, 0.1) is 19.3 Å². The molecule has 1 aromatic carbocycles. The lowest BCUT2D eigenvalue weighted by Gasteiger charge is -2.29. The standard InChI is InChI=1S/C16H25NO5S/c1-10-7-8-12(11(2)14(10)15(18)19)23(20,21)17-9-13(22-6)16(3,4)5/h7-8,13,17H,9H2,1-6H3,(H,18,19). The summed E-state index contributed by atoms with van der Waals surface area (Å²) >= 11 is 0. The van der Waals surface area contributed by atoms with Crippen LogP contribution in [0.3, 0.4) is 0 Å². The second-order valence-electron chi connectivity index (χ2n) is 6.63. The Hall–Kier alpha value is -1.44. The van der Waals surface area contributed by atoms with Crippen LogP contribution < -0.4 is 4.72 Å². The highest BCUT2D eigenvalue weighted by atomic mass is 32.2. The maximum Gasteiger partial charge on any atom is 0.336 e. The first-order valence-corrected chi connectivity index (χ1v) is 8.76. The maximum absolute atomic E-state index is 12.5. The van der Waals surface area contributed by atoms with Gasteiger partial charge in [-0.25, -0.2) is 17.9 Å². The van der Waals surface area contributed by atoms with Crippen molar-refractivity contribution in [1.29, 1.82) is 0 Å². The van der Waals surface area contributed by atoms with Gasteiger partial charge in [0.05, 0.1) is 16.6 Å². The number of carboxylic acid groups (broad SMARTS) is 1. The number of rotatable bonds is 6. The molecule has 0 aliphatic carbocycles. The summed E-state index contributed by atoms with van der Waals surface area (Å²) in [5.41, 5.74) is 0.548. The first kappa shape index (κ1) is 19.6. The fraction of sp³-hybridized carbons (Fsp3) is 0.562. The van der Waals surface area contributed by atoms with Gasteiger partial charge < -0.3 is 9.84 Å². The van der Waals surface area contributed by atoms with Gasteiger partial charge in [-0.3, -0.25) is 0 Å². The number of sulfonamides is 1. The Kier molecular flexibility index (Phi) is 5.95. The van der Waals surface area contributed by atoms with Crippen LogP contribution in [-0.2, 0) is 14.8 Å². The Bertz CT molecular complexity index is 689. The number of aromatic carboxylic acids is 1. The molecule has 0 radical (unpaired) electrons. The number of carbonyl (C=O) groups is 1. The van der Waals surface area contributed by atoms with Crippen LogP contribution in [0.1, 0.15) is 42.3 Å². The van der Waals surface area contributed by atoms with Gasteiger partial charge in [0.15, 0.2) is 0 Å². The lowest BCUT2D eigenvalue weighted by molar-refractivity contribution is 0.0212. The number of methoxy groups -OCH3 is 1. The molecule has 0 aromatic heterocycles. The largest absolute Gasteiger partial charge is 0.478 e. The Balaban J connectivity index is 3.16. The topological polar surface area (TPSA) is 92.7 Å². The number of hydrogen-bond donors (Lipinski definition) is 2. The van der Waals surface area contributed by atoms with Gasteiger partial charge in [0.2, 0.25) is 10.0 Å². The molecular weight excluding hydrogens is 318 g/mol. The number of aryl methyl sites for hydroxylation is 1. The van der Waals surface area contributed by atoms with Gasteiger partial charge in [0, 0.05) is 13.7 Å². The molecule has 6 nitrogen and oxygen atoms in total. The zero-order valence-corrected chi connectivity index (χ0v) is 15.2. The molecule has 130 valence electrons. The summed E-state index contributed by atoms with van der Waals surface area (Å²) in [5, 5.41) is 9.26. The molecule has 0 saturated heterocycles. The van der Waals surface area contributed by atoms with E-state index in [-0.39, 0.29) is 34.1 Å². The average molecular weight is 343 g/mol. The van der Waals surface area contributed by atoms with E-state index in [9.17, 15) is 18.3 Å². The Labute approximate surface area is 137 Å². The Morgan fingerprint density at radius 1 is 1.30 bits per heavy atom. The fourth-order valence-corrected chi connectivity index (χ4v) is 3.73. The Morgan fingerprint density at radius 2 is 1.87 bits per heavy atom. The van der Waals surface area contributed by atoms with E-state index in [1.165, 1.54) is 26.2 Å². The van der Waals surface area contributed by atoms with E-state index >= 15 is 0 Å². The van der Waals surface area contributed by atoms with Crippen LogP contribution in [0.2, 0.25) is 0 Å². The second-order valence-corrected chi connectivity index (χ2v) is 8.36. The molecule has 0 saturated carbocycles. The van der Waals surface area contributed by atoms with Gasteiger partial charge in [-0.2, -0.15) is 0 Å². The molecule has 1 atom stereocenters. The smallest absolute Gasteiger partial charge is 0.336 e. The third-order valence-electron chi connectivity index (χ3n) is 3.84. The molecule has 2 N–H and O–H groups in total. The minimum atomic E-state index is -3.82. The monoisotopic (exact) mass is 343 g/mol. The fourth-order valence-electron chi connectivity index (χ4n) is 2.45. The molecule has 1 unspecified atom stereocenters. The van der Waals surface area contributed by atoms with Crippen molar-refractivity contribution in [3.63, 3.8) is 0 Å². The number of carboxylic acids is 1. The highest BCUT2D eigenvalue weighted by Gasteiger charge is 2.28. The van der Waals surface area contributed by atoms with Gasteiger partial charge in [-0.1, -0.05) is 26.8 Å². The van der Waals surface area contributed by atoms with Gasteiger partial charge in [0.1, 0.15) is 0 Å². The number of benzene rings is 1. The summed E-state index contributed by atoms with van der Waals surface area (Å²) in [6.45, 7) is 9.11. The molecule has 7 heteroatoms. The molecule has 0 aliphatic rings. The lowest BCUT2D eigenvalue weighted by atomic mass is 9.89. The van der Waals surface area contributed by atoms with E-state index in [2.05, 4.69) is 4.72 Å². The van der Waals surface area contributed by atoms with Crippen molar-refractivity contribution >= 4 is 16.0 Å². The Morgan fingerprint density at radius 3 is 2.30 bits per heavy atom. The quantitative estimate of drug-likeness (QED) is 0.827. The number of hydrogen-bond acceptors (Lipinski definition) is 4. The zero-order chi connectivity index (χ0) is 18.0. The molecule has 0 fully saturated rings.